The zero-order valence-corrected chi connectivity index (χ0v) is 14.8. The molecule has 0 atom stereocenters. The molecule has 0 amide bonds. The maximum Gasteiger partial charge on any atom is 0.172 e. The Hall–Kier alpha value is -0.940. The lowest BCUT2D eigenvalue weighted by molar-refractivity contribution is 1.19. The van der Waals surface area contributed by atoms with Crippen LogP contribution in [-0.4, -0.2) is 9.97 Å². The summed E-state index contributed by atoms with van der Waals surface area (Å²) in [5, 5.41) is 0.719. The van der Waals surface area contributed by atoms with Crippen LogP contribution in [0.3, 0.4) is 0 Å². The van der Waals surface area contributed by atoms with Crippen LogP contribution in [-0.2, 0) is 0 Å². The number of rotatable bonds is 2. The first-order valence-electron chi connectivity index (χ1n) is 6.11. The zero-order chi connectivity index (χ0) is 15.0. The fourth-order valence-electron chi connectivity index (χ4n) is 1.93. The first-order chi connectivity index (χ1) is 10.1. The van der Waals surface area contributed by atoms with Gasteiger partial charge >= 0.3 is 0 Å². The topological polar surface area (TPSA) is 25.8 Å². The van der Waals surface area contributed by atoms with Gasteiger partial charge in [0.2, 0.25) is 0 Å². The molecular weight excluding hydrogens is 391 g/mol. The molecule has 21 heavy (non-hydrogen) atoms. The molecule has 0 saturated heterocycles. The van der Waals surface area contributed by atoms with Crippen LogP contribution in [0.4, 0.5) is 0 Å². The number of halogens is 3. The number of aryl methyl sites for hydroxylation is 1. The fourth-order valence-corrected chi connectivity index (χ4v) is 4.01. The molecule has 0 radical (unpaired) electrons. The molecule has 3 rings (SSSR count). The van der Waals surface area contributed by atoms with Gasteiger partial charge in [-0.25, -0.2) is 9.97 Å². The average Bonchev–Trinajstić information content (AvgIpc) is 2.79. The van der Waals surface area contributed by atoms with E-state index in [4.69, 9.17) is 23.2 Å². The van der Waals surface area contributed by atoms with Gasteiger partial charge in [-0.15, -0.1) is 11.3 Å². The Labute approximate surface area is 144 Å². The lowest BCUT2D eigenvalue weighted by Gasteiger charge is -2.07. The Morgan fingerprint density at radius 1 is 1.05 bits per heavy atom. The second-order valence-electron chi connectivity index (χ2n) is 4.38. The van der Waals surface area contributed by atoms with Gasteiger partial charge in [-0.1, -0.05) is 53.5 Å². The lowest BCUT2D eigenvalue weighted by atomic mass is 10.1. The van der Waals surface area contributed by atoms with Gasteiger partial charge in [-0.2, -0.15) is 0 Å². The third-order valence-corrected chi connectivity index (χ3v) is 5.64. The zero-order valence-electron chi connectivity index (χ0n) is 10.9. The van der Waals surface area contributed by atoms with Crippen LogP contribution < -0.4 is 0 Å². The second kappa shape index (κ2) is 6.05. The number of benzene rings is 1. The molecule has 2 heterocycles. The quantitative estimate of drug-likeness (QED) is 0.476. The maximum absolute atomic E-state index is 6.32. The van der Waals surface area contributed by atoms with Gasteiger partial charge < -0.3 is 0 Å². The van der Waals surface area contributed by atoms with E-state index in [1.165, 1.54) is 0 Å². The predicted molar refractivity (Wildman–Crippen MR) is 93.2 cm³/mol. The Bertz CT molecular complexity index is 760. The lowest BCUT2D eigenvalue weighted by Crippen LogP contribution is -1.93. The molecule has 2 nitrogen and oxygen atoms in total. The summed E-state index contributed by atoms with van der Waals surface area (Å²) in [5.41, 5.74) is 1.57. The number of nitrogens with zero attached hydrogens (tertiary/aromatic N) is 2. The molecule has 106 valence electrons. The fraction of sp³-hybridized carbons (Fsp3) is 0.0667. The summed E-state index contributed by atoms with van der Waals surface area (Å²) >= 11 is 17.7. The van der Waals surface area contributed by atoms with Crippen LogP contribution in [0.5, 0.6) is 0 Å². The highest BCUT2D eigenvalue weighted by Gasteiger charge is 2.16. The maximum atomic E-state index is 6.32. The summed E-state index contributed by atoms with van der Waals surface area (Å²) in [6.07, 6.45) is 0. The summed E-state index contributed by atoms with van der Waals surface area (Å²) in [4.78, 5) is 10.9. The van der Waals surface area contributed by atoms with E-state index in [1.807, 2.05) is 43.3 Å². The van der Waals surface area contributed by atoms with Crippen molar-refractivity contribution in [2.45, 2.75) is 6.92 Å². The molecule has 0 unspecified atom stereocenters. The van der Waals surface area contributed by atoms with Gasteiger partial charge in [0.1, 0.15) is 10.3 Å². The molecular formula is C15H9BrCl2N2S. The van der Waals surface area contributed by atoms with Gasteiger partial charge in [0.15, 0.2) is 5.82 Å². The molecule has 0 N–H and O–H groups in total. The third kappa shape index (κ3) is 2.99. The highest BCUT2D eigenvalue weighted by atomic mass is 79.9. The van der Waals surface area contributed by atoms with E-state index in [0.717, 1.165) is 19.8 Å². The molecule has 0 saturated carbocycles. The minimum Gasteiger partial charge on any atom is -0.215 e. The molecule has 0 fully saturated rings. The summed E-state index contributed by atoms with van der Waals surface area (Å²) in [7, 11) is 0. The summed E-state index contributed by atoms with van der Waals surface area (Å²) in [6, 6.07) is 11.6. The molecule has 1 aromatic carbocycles. The van der Waals surface area contributed by atoms with Crippen LogP contribution in [0.25, 0.3) is 21.8 Å². The van der Waals surface area contributed by atoms with Crippen LogP contribution in [0.2, 0.25) is 10.3 Å². The Balaban J connectivity index is 2.12. The van der Waals surface area contributed by atoms with Crippen LogP contribution in [0.1, 0.15) is 4.88 Å². The number of hydrogen-bond acceptors (Lipinski definition) is 3. The van der Waals surface area contributed by atoms with E-state index in [0.29, 0.717) is 21.7 Å². The van der Waals surface area contributed by atoms with Gasteiger partial charge in [0.25, 0.3) is 0 Å². The Morgan fingerprint density at radius 3 is 2.19 bits per heavy atom. The molecule has 2 aromatic heterocycles. The standard InChI is InChI=1S/C15H9BrCl2N2S/c1-8-10(16)7-11(21-8)15-19-13(17)12(14(18)20-15)9-5-3-2-4-6-9/h2-7H,1H3. The average molecular weight is 400 g/mol. The van der Waals surface area contributed by atoms with Crippen LogP contribution >= 0.6 is 50.5 Å². The second-order valence-corrected chi connectivity index (χ2v) is 7.21. The molecule has 3 aromatic rings. The summed E-state index contributed by atoms with van der Waals surface area (Å²) in [5.74, 6) is 0.545. The highest BCUT2D eigenvalue weighted by Crippen LogP contribution is 2.37. The van der Waals surface area contributed by atoms with Crippen LogP contribution in [0.15, 0.2) is 40.9 Å². The van der Waals surface area contributed by atoms with E-state index in [9.17, 15) is 0 Å². The van der Waals surface area contributed by atoms with Crippen molar-refractivity contribution in [3.05, 3.63) is 56.1 Å². The largest absolute Gasteiger partial charge is 0.215 e. The number of aromatic nitrogens is 2. The van der Waals surface area contributed by atoms with Crippen molar-refractivity contribution in [1.82, 2.24) is 9.97 Å². The van der Waals surface area contributed by atoms with E-state index in [1.54, 1.807) is 11.3 Å². The monoisotopic (exact) mass is 398 g/mol. The normalized spacial score (nSPS) is 10.9. The van der Waals surface area contributed by atoms with E-state index in [2.05, 4.69) is 25.9 Å². The first-order valence-corrected chi connectivity index (χ1v) is 8.47. The van der Waals surface area contributed by atoms with Crippen LogP contribution in [0, 0.1) is 6.92 Å². The van der Waals surface area contributed by atoms with Crippen molar-refractivity contribution in [3.8, 4) is 21.8 Å². The van der Waals surface area contributed by atoms with Gasteiger partial charge in [-0.05, 0) is 34.5 Å². The molecule has 0 spiro atoms. The molecule has 0 aliphatic rings. The SMILES string of the molecule is Cc1sc(-c2nc(Cl)c(-c3ccccc3)c(Cl)n2)cc1Br. The summed E-state index contributed by atoms with van der Waals surface area (Å²) < 4.78 is 1.03. The van der Waals surface area contributed by atoms with E-state index < -0.39 is 0 Å². The van der Waals surface area contributed by atoms with Crippen molar-refractivity contribution >= 4 is 50.5 Å². The van der Waals surface area contributed by atoms with Gasteiger partial charge in [0, 0.05) is 9.35 Å². The van der Waals surface area contributed by atoms with Crippen molar-refractivity contribution in [3.63, 3.8) is 0 Å². The first kappa shape index (κ1) is 15.0. The molecule has 0 aliphatic carbocycles. The minimum absolute atomic E-state index is 0.360. The van der Waals surface area contributed by atoms with Crippen molar-refractivity contribution in [2.75, 3.05) is 0 Å². The Morgan fingerprint density at radius 2 is 1.67 bits per heavy atom. The number of hydrogen-bond donors (Lipinski definition) is 0. The van der Waals surface area contributed by atoms with Gasteiger partial charge in [-0.3, -0.25) is 0 Å². The summed E-state index contributed by atoms with van der Waals surface area (Å²) in [6.45, 7) is 2.03. The smallest absolute Gasteiger partial charge is 0.172 e. The highest BCUT2D eigenvalue weighted by molar-refractivity contribution is 9.10. The van der Waals surface area contributed by atoms with Crippen molar-refractivity contribution in [2.24, 2.45) is 0 Å². The third-order valence-electron chi connectivity index (χ3n) is 2.96. The van der Waals surface area contributed by atoms with Crippen molar-refractivity contribution in [1.29, 1.82) is 0 Å². The Kier molecular flexibility index (Phi) is 4.31. The molecule has 0 aliphatic heterocycles. The minimum atomic E-state index is 0.360. The van der Waals surface area contributed by atoms with E-state index >= 15 is 0 Å². The van der Waals surface area contributed by atoms with E-state index in [-0.39, 0.29) is 0 Å². The molecule has 0 bridgehead atoms. The predicted octanol–water partition coefficient (Wildman–Crippen LogP) is 6.25. The molecule has 6 heteroatoms. The number of thiophene rings is 1. The van der Waals surface area contributed by atoms with Gasteiger partial charge in [0.05, 0.1) is 10.4 Å². The van der Waals surface area contributed by atoms with Crippen molar-refractivity contribution < 1.29 is 0 Å².